The molecule has 0 aliphatic carbocycles. The summed E-state index contributed by atoms with van der Waals surface area (Å²) >= 11 is 1.58. The van der Waals surface area contributed by atoms with E-state index >= 15 is 0 Å². The molecule has 0 radical (unpaired) electrons. The quantitative estimate of drug-likeness (QED) is 0.548. The molecule has 4 heteroatoms. The smallest absolute Gasteiger partial charge is 0.0511 e. The molecule has 0 spiro atoms. The van der Waals surface area contributed by atoms with Crippen LogP contribution in [-0.2, 0) is 0 Å². The minimum absolute atomic E-state index is 0.958. The number of rotatable bonds is 0. The van der Waals surface area contributed by atoms with Crippen LogP contribution in [0.3, 0.4) is 0 Å². The lowest BCUT2D eigenvalue weighted by Gasteiger charge is -2.01. The molecule has 0 atom stereocenters. The van der Waals surface area contributed by atoms with Crippen molar-refractivity contribution in [1.82, 2.24) is 10.0 Å². The van der Waals surface area contributed by atoms with Crippen molar-refractivity contribution in [3.05, 3.63) is 23.8 Å². The maximum atomic E-state index is 3.99. The van der Waals surface area contributed by atoms with Crippen LogP contribution in [0.2, 0.25) is 0 Å². The number of aliphatic imine (C=N–C) groups is 1. The maximum Gasteiger partial charge on any atom is 0.0511 e. The second kappa shape index (κ2) is 6.94. The molecule has 2 N–H and O–H groups in total. The SMILES string of the molecule is C1=CNSC=C1.C1=NCCNC1. The fourth-order valence-electron chi connectivity index (χ4n) is 0.724. The lowest BCUT2D eigenvalue weighted by molar-refractivity contribution is 0.746. The lowest BCUT2D eigenvalue weighted by atomic mass is 10.5. The topological polar surface area (TPSA) is 36.4 Å². The van der Waals surface area contributed by atoms with Crippen molar-refractivity contribution in [3.63, 3.8) is 0 Å². The van der Waals surface area contributed by atoms with Crippen molar-refractivity contribution in [1.29, 1.82) is 0 Å². The third-order valence-corrected chi connectivity index (χ3v) is 1.84. The molecule has 2 aliphatic heterocycles. The van der Waals surface area contributed by atoms with Crippen molar-refractivity contribution in [2.75, 3.05) is 19.6 Å². The van der Waals surface area contributed by atoms with E-state index in [0.717, 1.165) is 19.6 Å². The third-order valence-electron chi connectivity index (χ3n) is 1.27. The number of nitrogens with zero attached hydrogens (tertiary/aromatic N) is 1. The van der Waals surface area contributed by atoms with Gasteiger partial charge in [0.1, 0.15) is 0 Å². The van der Waals surface area contributed by atoms with E-state index in [0.29, 0.717) is 0 Å². The normalized spacial score (nSPS) is 19.3. The van der Waals surface area contributed by atoms with Gasteiger partial charge in [-0.25, -0.2) is 0 Å². The van der Waals surface area contributed by atoms with Crippen LogP contribution in [-0.4, -0.2) is 25.8 Å². The van der Waals surface area contributed by atoms with Gasteiger partial charge >= 0.3 is 0 Å². The molecular formula is C8H13N3S. The fourth-order valence-corrected chi connectivity index (χ4v) is 1.13. The van der Waals surface area contributed by atoms with E-state index in [1.807, 2.05) is 30.0 Å². The van der Waals surface area contributed by atoms with Crippen LogP contribution in [0, 0.1) is 0 Å². The van der Waals surface area contributed by atoms with Gasteiger partial charge < -0.3 is 10.0 Å². The van der Waals surface area contributed by atoms with Crippen LogP contribution in [0.25, 0.3) is 0 Å². The van der Waals surface area contributed by atoms with Crippen molar-refractivity contribution in [2.24, 2.45) is 4.99 Å². The summed E-state index contributed by atoms with van der Waals surface area (Å²) in [6, 6.07) is 0. The fraction of sp³-hybridized carbons (Fsp3) is 0.375. The Hall–Kier alpha value is -0.740. The summed E-state index contributed by atoms with van der Waals surface area (Å²) in [6.07, 6.45) is 7.74. The second-order valence-electron chi connectivity index (χ2n) is 2.22. The molecule has 3 nitrogen and oxygen atoms in total. The lowest BCUT2D eigenvalue weighted by Crippen LogP contribution is -2.23. The van der Waals surface area contributed by atoms with Gasteiger partial charge in [0.15, 0.2) is 0 Å². The second-order valence-corrected chi connectivity index (χ2v) is 2.96. The van der Waals surface area contributed by atoms with Gasteiger partial charge in [-0.1, -0.05) is 6.08 Å². The van der Waals surface area contributed by atoms with E-state index < -0.39 is 0 Å². The first-order chi connectivity index (χ1) is 6.00. The van der Waals surface area contributed by atoms with Gasteiger partial charge in [0.2, 0.25) is 0 Å². The average Bonchev–Trinajstić information content (AvgIpc) is 2.24. The predicted octanol–water partition coefficient (Wildman–Crippen LogP) is 0.926. The van der Waals surface area contributed by atoms with Crippen LogP contribution in [0.15, 0.2) is 28.8 Å². The summed E-state index contributed by atoms with van der Waals surface area (Å²) < 4.78 is 2.93. The van der Waals surface area contributed by atoms with E-state index in [9.17, 15) is 0 Å². The van der Waals surface area contributed by atoms with E-state index in [1.165, 1.54) is 0 Å². The van der Waals surface area contributed by atoms with Gasteiger partial charge in [-0.2, -0.15) is 0 Å². The number of hydrogen-bond acceptors (Lipinski definition) is 4. The Balaban J connectivity index is 0.000000120. The van der Waals surface area contributed by atoms with Gasteiger partial charge in [0.25, 0.3) is 0 Å². The molecular weight excluding hydrogens is 170 g/mol. The van der Waals surface area contributed by atoms with E-state index in [2.05, 4.69) is 15.0 Å². The molecule has 0 fully saturated rings. The first kappa shape index (κ1) is 9.35. The molecule has 0 unspecified atom stereocenters. The minimum atomic E-state index is 0.958. The summed E-state index contributed by atoms with van der Waals surface area (Å²) in [5, 5.41) is 5.12. The Morgan fingerprint density at radius 2 is 2.33 bits per heavy atom. The summed E-state index contributed by atoms with van der Waals surface area (Å²) in [4.78, 5) is 3.99. The first-order valence-corrected chi connectivity index (χ1v) is 4.80. The number of hydrogen-bond donors (Lipinski definition) is 2. The Morgan fingerprint density at radius 3 is 2.50 bits per heavy atom. The molecule has 0 aromatic heterocycles. The van der Waals surface area contributed by atoms with Crippen LogP contribution >= 0.6 is 11.9 Å². The van der Waals surface area contributed by atoms with Crippen molar-refractivity contribution >= 4 is 18.2 Å². The van der Waals surface area contributed by atoms with Gasteiger partial charge in [0, 0.05) is 25.5 Å². The molecule has 0 bridgehead atoms. The van der Waals surface area contributed by atoms with Gasteiger partial charge in [-0.05, 0) is 23.4 Å². The molecule has 0 saturated heterocycles. The zero-order valence-electron chi connectivity index (χ0n) is 6.86. The predicted molar refractivity (Wildman–Crippen MR) is 55.2 cm³/mol. The highest BCUT2D eigenvalue weighted by Gasteiger charge is 1.85. The molecule has 0 amide bonds. The Bertz CT molecular complexity index is 167. The van der Waals surface area contributed by atoms with Crippen molar-refractivity contribution < 1.29 is 0 Å². The summed E-state index contributed by atoms with van der Waals surface area (Å²) in [7, 11) is 0. The van der Waals surface area contributed by atoms with Crippen LogP contribution in [0.4, 0.5) is 0 Å². The van der Waals surface area contributed by atoms with Gasteiger partial charge in [-0.15, -0.1) is 0 Å². The zero-order valence-corrected chi connectivity index (χ0v) is 7.68. The molecule has 0 aromatic rings. The average molecular weight is 183 g/mol. The van der Waals surface area contributed by atoms with Crippen LogP contribution < -0.4 is 10.0 Å². The van der Waals surface area contributed by atoms with Crippen molar-refractivity contribution in [3.8, 4) is 0 Å². The Kier molecular flexibility index (Phi) is 5.41. The molecule has 2 aliphatic rings. The monoisotopic (exact) mass is 183 g/mol. The molecule has 12 heavy (non-hydrogen) atoms. The van der Waals surface area contributed by atoms with E-state index in [1.54, 1.807) is 11.9 Å². The third kappa shape index (κ3) is 4.98. The summed E-state index contributed by atoms with van der Waals surface area (Å²) in [5.74, 6) is 0. The Morgan fingerprint density at radius 1 is 1.33 bits per heavy atom. The standard InChI is InChI=1S/C4H8N2.C4H5NS/c1-2-6-4-3-5-1;1-2-4-6-5-3-1/h1,6H,2-4H2;1-5H. The highest BCUT2D eigenvalue weighted by molar-refractivity contribution is 8.00. The van der Waals surface area contributed by atoms with Crippen LogP contribution in [0.1, 0.15) is 0 Å². The van der Waals surface area contributed by atoms with Gasteiger partial charge in [0.05, 0.1) is 6.54 Å². The largest absolute Gasteiger partial charge is 0.333 e. The van der Waals surface area contributed by atoms with E-state index in [-0.39, 0.29) is 0 Å². The summed E-state index contributed by atoms with van der Waals surface area (Å²) in [6.45, 7) is 2.97. The molecule has 2 heterocycles. The number of allylic oxidation sites excluding steroid dienone is 2. The highest BCUT2D eigenvalue weighted by atomic mass is 32.2. The first-order valence-electron chi connectivity index (χ1n) is 3.92. The summed E-state index contributed by atoms with van der Waals surface area (Å²) in [5.41, 5.74) is 0. The number of nitrogens with one attached hydrogen (secondary N) is 2. The van der Waals surface area contributed by atoms with Gasteiger partial charge in [-0.3, -0.25) is 4.99 Å². The van der Waals surface area contributed by atoms with Crippen LogP contribution in [0.5, 0.6) is 0 Å². The zero-order chi connectivity index (χ0) is 8.49. The molecule has 0 saturated carbocycles. The highest BCUT2D eigenvalue weighted by Crippen LogP contribution is 1.98. The molecule has 0 aromatic carbocycles. The molecule has 2 rings (SSSR count). The minimum Gasteiger partial charge on any atom is -0.333 e. The van der Waals surface area contributed by atoms with E-state index in [4.69, 9.17) is 0 Å². The van der Waals surface area contributed by atoms with Crippen molar-refractivity contribution in [2.45, 2.75) is 0 Å². The molecule has 66 valence electrons. The Labute approximate surface area is 77.2 Å². The maximum absolute atomic E-state index is 3.99.